The topological polar surface area (TPSA) is 38.7 Å². The number of allylic oxidation sites excluding steroid dienone is 1. The Balaban J connectivity index is 2.61. The molecule has 1 atom stereocenters. The molecular weight excluding hydrogens is 304 g/mol. The number of ether oxygens (including phenoxy) is 2. The summed E-state index contributed by atoms with van der Waals surface area (Å²) in [5.41, 5.74) is 0.822. The van der Waals surface area contributed by atoms with Crippen LogP contribution in [0, 0.1) is 0 Å². The minimum absolute atomic E-state index is 0.671. The molecule has 0 fully saturated rings. The van der Waals surface area contributed by atoms with Crippen molar-refractivity contribution >= 4 is 13.6 Å². The number of benzene rings is 1. The third-order valence-electron chi connectivity index (χ3n) is 4.63. The first-order chi connectivity index (χ1) is 10.8. The summed E-state index contributed by atoms with van der Waals surface area (Å²) in [4.78, 5) is 0. The highest BCUT2D eigenvalue weighted by Crippen LogP contribution is 2.47. The van der Waals surface area contributed by atoms with E-state index in [-0.39, 0.29) is 0 Å². The van der Waals surface area contributed by atoms with Crippen LogP contribution < -0.4 is 9.47 Å². The van der Waals surface area contributed by atoms with Gasteiger partial charge in [-0.25, -0.2) is 0 Å². The highest BCUT2D eigenvalue weighted by atomic mass is 28.3. The fourth-order valence-electron chi connectivity index (χ4n) is 3.27. The SMILES string of the molecule is C=C(C1(O)CCCC=C1c1cccc(OC)c1OC)[Si](C)(C)C. The van der Waals surface area contributed by atoms with Crippen LogP contribution in [0.4, 0.5) is 0 Å². The van der Waals surface area contributed by atoms with Gasteiger partial charge in [0.1, 0.15) is 5.60 Å². The lowest BCUT2D eigenvalue weighted by molar-refractivity contribution is 0.130. The molecule has 1 N–H and O–H groups in total. The van der Waals surface area contributed by atoms with E-state index in [1.807, 2.05) is 18.2 Å². The molecule has 0 bridgehead atoms. The maximum atomic E-state index is 11.5. The van der Waals surface area contributed by atoms with E-state index in [0.717, 1.165) is 29.2 Å². The van der Waals surface area contributed by atoms with Gasteiger partial charge < -0.3 is 14.6 Å². The molecule has 0 radical (unpaired) electrons. The smallest absolute Gasteiger partial charge is 0.168 e. The van der Waals surface area contributed by atoms with Crippen molar-refractivity contribution in [3.8, 4) is 11.5 Å². The first-order valence-corrected chi connectivity index (χ1v) is 11.6. The second-order valence-corrected chi connectivity index (χ2v) is 12.2. The fraction of sp³-hybridized carbons (Fsp3) is 0.474. The Bertz CT molecular complexity index is 628. The molecule has 3 nitrogen and oxygen atoms in total. The molecule has 1 aromatic rings. The molecule has 2 rings (SSSR count). The molecule has 23 heavy (non-hydrogen) atoms. The summed E-state index contributed by atoms with van der Waals surface area (Å²) in [6, 6.07) is 5.79. The first kappa shape index (κ1) is 17.8. The van der Waals surface area contributed by atoms with Crippen molar-refractivity contribution in [2.45, 2.75) is 44.5 Å². The molecule has 0 aliphatic heterocycles. The molecule has 0 saturated heterocycles. The van der Waals surface area contributed by atoms with Crippen molar-refractivity contribution in [2.75, 3.05) is 14.2 Å². The zero-order valence-corrected chi connectivity index (χ0v) is 15.9. The van der Waals surface area contributed by atoms with Gasteiger partial charge in [0.25, 0.3) is 0 Å². The van der Waals surface area contributed by atoms with Crippen LogP contribution in [-0.4, -0.2) is 33.0 Å². The largest absolute Gasteiger partial charge is 0.493 e. The Morgan fingerprint density at radius 3 is 2.48 bits per heavy atom. The summed E-state index contributed by atoms with van der Waals surface area (Å²) in [6.45, 7) is 11.0. The molecule has 1 aliphatic carbocycles. The van der Waals surface area contributed by atoms with Crippen LogP contribution in [0.25, 0.3) is 5.57 Å². The van der Waals surface area contributed by atoms with E-state index in [1.54, 1.807) is 14.2 Å². The Hall–Kier alpha value is -1.52. The van der Waals surface area contributed by atoms with E-state index in [0.29, 0.717) is 17.9 Å². The van der Waals surface area contributed by atoms with Gasteiger partial charge in [-0.15, -0.1) is 6.58 Å². The molecule has 1 aromatic carbocycles. The standard InChI is InChI=1S/C19H28O3Si/c1-14(23(4,5)6)19(20)13-8-7-11-16(19)15-10-9-12-17(21-2)18(15)22-3/h9-12,20H,1,7-8,13H2,2-6H3. The monoisotopic (exact) mass is 332 g/mol. The maximum absolute atomic E-state index is 11.5. The van der Waals surface area contributed by atoms with Crippen molar-refractivity contribution in [3.63, 3.8) is 0 Å². The molecule has 1 aliphatic rings. The second-order valence-electron chi connectivity index (χ2n) is 7.14. The molecule has 0 aromatic heterocycles. The van der Waals surface area contributed by atoms with Gasteiger partial charge in [-0.3, -0.25) is 0 Å². The summed E-state index contributed by atoms with van der Waals surface area (Å²) in [5, 5.41) is 12.5. The van der Waals surface area contributed by atoms with Crippen LogP contribution in [0.3, 0.4) is 0 Å². The van der Waals surface area contributed by atoms with Crippen molar-refractivity contribution < 1.29 is 14.6 Å². The average Bonchev–Trinajstić information content (AvgIpc) is 2.52. The number of methoxy groups -OCH3 is 2. The van der Waals surface area contributed by atoms with Crippen LogP contribution in [0.5, 0.6) is 11.5 Å². The van der Waals surface area contributed by atoms with Gasteiger partial charge in [-0.2, -0.15) is 0 Å². The number of aliphatic hydroxyl groups is 1. The maximum Gasteiger partial charge on any atom is 0.168 e. The van der Waals surface area contributed by atoms with Crippen LogP contribution in [0.2, 0.25) is 19.6 Å². The zero-order valence-electron chi connectivity index (χ0n) is 14.9. The highest BCUT2D eigenvalue weighted by molar-refractivity contribution is 6.83. The summed E-state index contributed by atoms with van der Waals surface area (Å²) in [5.74, 6) is 1.35. The van der Waals surface area contributed by atoms with Gasteiger partial charge in [-0.05, 0) is 30.9 Å². The van der Waals surface area contributed by atoms with E-state index in [2.05, 4.69) is 32.3 Å². The minimum Gasteiger partial charge on any atom is -0.493 e. The van der Waals surface area contributed by atoms with Crippen LogP contribution in [-0.2, 0) is 0 Å². The minimum atomic E-state index is -1.70. The lowest BCUT2D eigenvalue weighted by Crippen LogP contribution is -2.44. The predicted octanol–water partition coefficient (Wildman–Crippen LogP) is 4.44. The average molecular weight is 333 g/mol. The van der Waals surface area contributed by atoms with Crippen molar-refractivity contribution in [1.29, 1.82) is 0 Å². The summed E-state index contributed by atoms with van der Waals surface area (Å²) >= 11 is 0. The van der Waals surface area contributed by atoms with E-state index in [9.17, 15) is 5.11 Å². The molecule has 0 saturated carbocycles. The quantitative estimate of drug-likeness (QED) is 0.810. The number of hydrogen-bond donors (Lipinski definition) is 1. The first-order valence-electron chi connectivity index (χ1n) is 8.10. The van der Waals surface area contributed by atoms with Gasteiger partial charge >= 0.3 is 0 Å². The normalized spacial score (nSPS) is 21.6. The van der Waals surface area contributed by atoms with Crippen molar-refractivity contribution in [3.05, 3.63) is 41.6 Å². The number of rotatable bonds is 5. The van der Waals surface area contributed by atoms with Crippen LogP contribution in [0.1, 0.15) is 24.8 Å². The lowest BCUT2D eigenvalue weighted by atomic mass is 9.79. The Kier molecular flexibility index (Phi) is 5.06. The Labute approximate surface area is 140 Å². The molecule has 4 heteroatoms. The molecule has 0 heterocycles. The van der Waals surface area contributed by atoms with Gasteiger partial charge in [-0.1, -0.05) is 43.0 Å². The number of hydrogen-bond acceptors (Lipinski definition) is 3. The summed E-state index contributed by atoms with van der Waals surface area (Å²) in [6.07, 6.45) is 4.77. The summed E-state index contributed by atoms with van der Waals surface area (Å²) in [7, 11) is 1.56. The molecule has 126 valence electrons. The third kappa shape index (κ3) is 3.24. The van der Waals surface area contributed by atoms with E-state index in [1.165, 1.54) is 0 Å². The predicted molar refractivity (Wildman–Crippen MR) is 98.8 cm³/mol. The Morgan fingerprint density at radius 2 is 1.91 bits per heavy atom. The second kappa shape index (κ2) is 6.54. The molecule has 0 amide bonds. The highest BCUT2D eigenvalue weighted by Gasteiger charge is 2.42. The van der Waals surface area contributed by atoms with E-state index < -0.39 is 13.7 Å². The van der Waals surface area contributed by atoms with Crippen molar-refractivity contribution in [1.82, 2.24) is 0 Å². The van der Waals surface area contributed by atoms with E-state index >= 15 is 0 Å². The van der Waals surface area contributed by atoms with Crippen LogP contribution in [0.15, 0.2) is 36.1 Å². The molecular formula is C19H28O3Si. The van der Waals surface area contributed by atoms with E-state index in [4.69, 9.17) is 9.47 Å². The lowest BCUT2D eigenvalue weighted by Gasteiger charge is -2.41. The fourth-order valence-corrected chi connectivity index (χ4v) is 4.77. The zero-order chi connectivity index (χ0) is 17.3. The van der Waals surface area contributed by atoms with Gasteiger partial charge in [0.05, 0.1) is 22.3 Å². The molecule has 1 unspecified atom stereocenters. The Morgan fingerprint density at radius 1 is 1.22 bits per heavy atom. The number of para-hydroxylation sites is 1. The van der Waals surface area contributed by atoms with Crippen molar-refractivity contribution in [2.24, 2.45) is 0 Å². The molecule has 0 spiro atoms. The van der Waals surface area contributed by atoms with Gasteiger partial charge in [0.15, 0.2) is 11.5 Å². The summed E-state index contributed by atoms with van der Waals surface area (Å²) < 4.78 is 11.0. The third-order valence-corrected chi connectivity index (χ3v) is 6.86. The van der Waals surface area contributed by atoms with Gasteiger partial charge in [0.2, 0.25) is 0 Å². The van der Waals surface area contributed by atoms with Gasteiger partial charge in [0, 0.05) is 5.56 Å². The van der Waals surface area contributed by atoms with Crippen LogP contribution >= 0.6 is 0 Å².